The molecule has 0 amide bonds. The summed E-state index contributed by atoms with van der Waals surface area (Å²) in [4.78, 5) is 10.0. The highest BCUT2D eigenvalue weighted by Crippen LogP contribution is 2.13. The van der Waals surface area contributed by atoms with Gasteiger partial charge in [-0.3, -0.25) is 0 Å². The zero-order valence-corrected chi connectivity index (χ0v) is 6.18. The molecule has 0 aromatic carbocycles. The molecule has 2 nitrogen and oxygen atoms in total. The molecule has 9 heavy (non-hydrogen) atoms. The van der Waals surface area contributed by atoms with E-state index in [1.807, 2.05) is 20.8 Å². The molecule has 2 heteroatoms. The van der Waals surface area contributed by atoms with Crippen LogP contribution < -0.4 is 0 Å². The number of carbonyl (C=O) groups excluding carboxylic acids is 1. The van der Waals surface area contributed by atoms with Gasteiger partial charge in [0.1, 0.15) is 0 Å². The molecule has 1 atom stereocenters. The Bertz CT molecular complexity index is 97.1. The molecule has 0 spiro atoms. The lowest BCUT2D eigenvalue weighted by molar-refractivity contribution is -0.144. The standard InChI is InChI=1S/C7H13O2/c1-5(2)6(3)4-7(8)9/h5-6H,4H2,1-3H3. The predicted octanol–water partition coefficient (Wildman–Crippen LogP) is 1.63. The van der Waals surface area contributed by atoms with Gasteiger partial charge in [0.25, 0.3) is 0 Å². The average molecular weight is 129 g/mol. The molecule has 0 aliphatic heterocycles. The largest absolute Gasteiger partial charge is 0.355 e. The van der Waals surface area contributed by atoms with Crippen LogP contribution in [0.25, 0.3) is 0 Å². The van der Waals surface area contributed by atoms with Crippen molar-refractivity contribution < 1.29 is 9.90 Å². The molecule has 0 fully saturated rings. The summed E-state index contributed by atoms with van der Waals surface area (Å²) in [5.41, 5.74) is 0. The fourth-order valence-corrected chi connectivity index (χ4v) is 0.499. The molecule has 1 unspecified atom stereocenters. The van der Waals surface area contributed by atoms with Crippen molar-refractivity contribution in [1.82, 2.24) is 0 Å². The Morgan fingerprint density at radius 1 is 1.33 bits per heavy atom. The Morgan fingerprint density at radius 3 is 1.89 bits per heavy atom. The fraction of sp³-hybridized carbons (Fsp3) is 0.857. The van der Waals surface area contributed by atoms with E-state index in [2.05, 4.69) is 0 Å². The molecule has 0 aliphatic carbocycles. The summed E-state index contributed by atoms with van der Waals surface area (Å²) in [5.74, 6) is -0.283. The van der Waals surface area contributed by atoms with Gasteiger partial charge in [-0.05, 0) is 11.8 Å². The molecule has 0 aromatic rings. The second-order valence-corrected chi connectivity index (χ2v) is 2.80. The van der Waals surface area contributed by atoms with Gasteiger partial charge >= 0.3 is 5.97 Å². The Balaban J connectivity index is 3.50. The minimum atomic E-state index is -0.948. The third-order valence-electron chi connectivity index (χ3n) is 1.63. The van der Waals surface area contributed by atoms with Gasteiger partial charge in [-0.15, -0.1) is 0 Å². The lowest BCUT2D eigenvalue weighted by Crippen LogP contribution is -2.08. The smallest absolute Gasteiger partial charge is 0.247 e. The second kappa shape index (κ2) is 3.49. The zero-order chi connectivity index (χ0) is 7.44. The number of hydrogen-bond acceptors (Lipinski definition) is 1. The summed E-state index contributed by atoms with van der Waals surface area (Å²) in [7, 11) is 0. The predicted molar refractivity (Wildman–Crippen MR) is 34.3 cm³/mol. The number of rotatable bonds is 3. The van der Waals surface area contributed by atoms with E-state index in [0.717, 1.165) is 0 Å². The molecule has 0 saturated carbocycles. The monoisotopic (exact) mass is 129 g/mol. The minimum absolute atomic E-state index is 0.178. The summed E-state index contributed by atoms with van der Waals surface area (Å²) < 4.78 is 0. The van der Waals surface area contributed by atoms with E-state index >= 15 is 0 Å². The van der Waals surface area contributed by atoms with Gasteiger partial charge in [-0.1, -0.05) is 20.8 Å². The first-order valence-corrected chi connectivity index (χ1v) is 3.24. The lowest BCUT2D eigenvalue weighted by Gasteiger charge is -2.10. The molecule has 0 rings (SSSR count). The summed E-state index contributed by atoms with van der Waals surface area (Å²) in [6, 6.07) is 0. The number of hydrogen-bond donors (Lipinski definition) is 0. The molecule has 0 N–H and O–H groups in total. The first kappa shape index (κ1) is 8.47. The first-order chi connectivity index (χ1) is 4.04. The van der Waals surface area contributed by atoms with E-state index in [9.17, 15) is 9.90 Å². The van der Waals surface area contributed by atoms with Crippen LogP contribution in [0.2, 0.25) is 0 Å². The fourth-order valence-electron chi connectivity index (χ4n) is 0.499. The summed E-state index contributed by atoms with van der Waals surface area (Å²) >= 11 is 0. The van der Waals surface area contributed by atoms with Crippen molar-refractivity contribution in [2.24, 2.45) is 11.8 Å². The Labute approximate surface area is 55.9 Å². The molecular weight excluding hydrogens is 116 g/mol. The normalized spacial score (nSPS) is 13.8. The third-order valence-corrected chi connectivity index (χ3v) is 1.63. The minimum Gasteiger partial charge on any atom is -0.247 e. The van der Waals surface area contributed by atoms with Crippen molar-refractivity contribution in [2.45, 2.75) is 27.2 Å². The highest BCUT2D eigenvalue weighted by molar-refractivity contribution is 5.66. The maximum absolute atomic E-state index is 10.0. The maximum Gasteiger partial charge on any atom is 0.355 e. The van der Waals surface area contributed by atoms with Crippen molar-refractivity contribution in [2.75, 3.05) is 0 Å². The van der Waals surface area contributed by atoms with Crippen molar-refractivity contribution in [3.05, 3.63) is 0 Å². The Morgan fingerprint density at radius 2 is 1.78 bits per heavy atom. The van der Waals surface area contributed by atoms with Gasteiger partial charge in [0.15, 0.2) is 0 Å². The topological polar surface area (TPSA) is 37.0 Å². The van der Waals surface area contributed by atoms with E-state index in [1.54, 1.807) is 0 Å². The molecule has 0 aromatic heterocycles. The van der Waals surface area contributed by atoms with Crippen LogP contribution in [0.5, 0.6) is 0 Å². The van der Waals surface area contributed by atoms with Gasteiger partial charge in [0, 0.05) is 0 Å². The van der Waals surface area contributed by atoms with Crippen molar-refractivity contribution in [3.63, 3.8) is 0 Å². The van der Waals surface area contributed by atoms with Crippen LogP contribution in [0.4, 0.5) is 0 Å². The van der Waals surface area contributed by atoms with Crippen LogP contribution in [-0.4, -0.2) is 5.97 Å². The maximum atomic E-state index is 10.0. The van der Waals surface area contributed by atoms with E-state index in [0.29, 0.717) is 5.92 Å². The van der Waals surface area contributed by atoms with Crippen LogP contribution >= 0.6 is 0 Å². The first-order valence-electron chi connectivity index (χ1n) is 3.24. The van der Waals surface area contributed by atoms with Gasteiger partial charge in [0.2, 0.25) is 0 Å². The highest BCUT2D eigenvalue weighted by Gasteiger charge is 2.11. The third kappa shape index (κ3) is 4.01. The van der Waals surface area contributed by atoms with E-state index < -0.39 is 5.97 Å². The molecule has 0 heterocycles. The molecule has 0 saturated heterocycles. The van der Waals surface area contributed by atoms with Crippen LogP contribution in [0.1, 0.15) is 27.2 Å². The van der Waals surface area contributed by atoms with E-state index in [-0.39, 0.29) is 12.3 Å². The van der Waals surface area contributed by atoms with Crippen LogP contribution in [0.15, 0.2) is 0 Å². The summed E-state index contributed by atoms with van der Waals surface area (Å²) in [5, 5.41) is 10.0. The summed E-state index contributed by atoms with van der Waals surface area (Å²) in [6.07, 6.45) is 0.178. The van der Waals surface area contributed by atoms with Crippen molar-refractivity contribution in [1.29, 1.82) is 0 Å². The number of carbonyl (C=O) groups is 1. The molecule has 0 aliphatic rings. The van der Waals surface area contributed by atoms with E-state index in [4.69, 9.17) is 0 Å². The van der Waals surface area contributed by atoms with Crippen LogP contribution in [0, 0.1) is 11.8 Å². The second-order valence-electron chi connectivity index (χ2n) is 2.80. The average Bonchev–Trinajstić information content (AvgIpc) is 1.63. The van der Waals surface area contributed by atoms with Gasteiger partial charge in [-0.25, -0.2) is 9.90 Å². The van der Waals surface area contributed by atoms with Gasteiger partial charge < -0.3 is 0 Å². The Hall–Kier alpha value is -0.530. The summed E-state index contributed by atoms with van der Waals surface area (Å²) in [6.45, 7) is 5.93. The van der Waals surface area contributed by atoms with Crippen LogP contribution in [0.3, 0.4) is 0 Å². The van der Waals surface area contributed by atoms with Crippen molar-refractivity contribution >= 4 is 5.97 Å². The molecular formula is C7H13O2. The lowest BCUT2D eigenvalue weighted by atomic mass is 9.95. The van der Waals surface area contributed by atoms with E-state index in [1.165, 1.54) is 0 Å². The van der Waals surface area contributed by atoms with Crippen molar-refractivity contribution in [3.8, 4) is 0 Å². The molecule has 1 radical (unpaired) electrons. The quantitative estimate of drug-likeness (QED) is 0.570. The van der Waals surface area contributed by atoms with Gasteiger partial charge in [0.05, 0.1) is 6.42 Å². The molecule has 53 valence electrons. The Kier molecular flexibility index (Phi) is 3.28. The SMILES string of the molecule is CC(C)C(C)CC([O])=O. The zero-order valence-electron chi connectivity index (χ0n) is 6.18. The molecule has 0 bridgehead atoms. The van der Waals surface area contributed by atoms with Crippen LogP contribution in [-0.2, 0) is 9.90 Å². The van der Waals surface area contributed by atoms with Gasteiger partial charge in [-0.2, -0.15) is 0 Å². The highest BCUT2D eigenvalue weighted by atomic mass is 16.4.